The highest BCUT2D eigenvalue weighted by atomic mass is 14.1. The van der Waals surface area contributed by atoms with Gasteiger partial charge in [-0.3, -0.25) is 0 Å². The van der Waals surface area contributed by atoms with Gasteiger partial charge >= 0.3 is 0 Å². The molecule has 2 aliphatic rings. The molecule has 2 bridgehead atoms. The second-order valence-corrected chi connectivity index (χ2v) is 2.74. The van der Waals surface area contributed by atoms with E-state index in [9.17, 15) is 0 Å². The molecule has 1 atom stereocenters. The van der Waals surface area contributed by atoms with Gasteiger partial charge in [0.1, 0.15) is 0 Å². The van der Waals surface area contributed by atoms with Crippen LogP contribution in [0.4, 0.5) is 0 Å². The van der Waals surface area contributed by atoms with Crippen molar-refractivity contribution >= 4 is 0 Å². The third-order valence-corrected chi connectivity index (χ3v) is 1.92. The molecule has 0 radical (unpaired) electrons. The van der Waals surface area contributed by atoms with Crippen LogP contribution in [-0.2, 0) is 0 Å². The van der Waals surface area contributed by atoms with Crippen LogP contribution in [0.25, 0.3) is 0 Å². The molecule has 0 spiro atoms. The zero-order chi connectivity index (χ0) is 6.81. The lowest BCUT2D eigenvalue weighted by Gasteiger charge is -1.99. The summed E-state index contributed by atoms with van der Waals surface area (Å²) in [7, 11) is 0. The van der Waals surface area contributed by atoms with Crippen LogP contribution in [0.5, 0.6) is 0 Å². The van der Waals surface area contributed by atoms with Gasteiger partial charge in [-0.05, 0) is 17.9 Å². The molecule has 0 aromatic heterocycles. The van der Waals surface area contributed by atoms with E-state index < -0.39 is 0 Å². The predicted octanol–water partition coefficient (Wildman–Crippen LogP) is 2.61. The maximum Gasteiger partial charge on any atom is -0.000673 e. The first-order valence-electron chi connectivity index (χ1n) is 3.67. The van der Waals surface area contributed by atoms with E-state index in [2.05, 4.69) is 42.5 Å². The van der Waals surface area contributed by atoms with Gasteiger partial charge in [-0.15, -0.1) is 0 Å². The monoisotopic (exact) mass is 130 g/mol. The fourth-order valence-corrected chi connectivity index (χ4v) is 1.36. The summed E-state index contributed by atoms with van der Waals surface area (Å²) >= 11 is 0. The second kappa shape index (κ2) is 2.30. The highest BCUT2D eigenvalue weighted by Gasteiger charge is 2.09. The van der Waals surface area contributed by atoms with Crippen LogP contribution < -0.4 is 0 Å². The van der Waals surface area contributed by atoms with Gasteiger partial charge in [0.2, 0.25) is 0 Å². The Labute approximate surface area is 61.3 Å². The molecule has 0 aromatic carbocycles. The molecule has 2 rings (SSSR count). The fraction of sp³-hybridized carbons (Fsp3) is 0.200. The first-order valence-corrected chi connectivity index (χ1v) is 3.67. The third-order valence-electron chi connectivity index (χ3n) is 1.92. The Hall–Kier alpha value is -1.04. The van der Waals surface area contributed by atoms with Gasteiger partial charge in [-0.2, -0.15) is 0 Å². The summed E-state index contributed by atoms with van der Waals surface area (Å²) in [6, 6.07) is 0. The highest BCUT2D eigenvalue weighted by Crippen LogP contribution is 2.24. The van der Waals surface area contributed by atoms with Crippen molar-refractivity contribution in [2.75, 3.05) is 0 Å². The molecular weight excluding hydrogens is 120 g/mol. The Balaban J connectivity index is 2.37. The summed E-state index contributed by atoms with van der Waals surface area (Å²) in [5.74, 6) is 0.663. The quantitative estimate of drug-likeness (QED) is 0.473. The Morgan fingerprint density at radius 3 is 3.10 bits per heavy atom. The predicted molar refractivity (Wildman–Crippen MR) is 43.6 cm³/mol. The molecule has 0 aromatic rings. The van der Waals surface area contributed by atoms with Gasteiger partial charge in [0.15, 0.2) is 0 Å². The van der Waals surface area contributed by atoms with Crippen molar-refractivity contribution in [3.8, 4) is 0 Å². The van der Waals surface area contributed by atoms with Crippen LogP contribution in [-0.4, -0.2) is 0 Å². The number of fused-ring (bicyclic) bond motifs is 2. The van der Waals surface area contributed by atoms with E-state index in [0.717, 1.165) is 0 Å². The van der Waals surface area contributed by atoms with Gasteiger partial charge in [0.25, 0.3) is 0 Å². The van der Waals surface area contributed by atoms with E-state index in [1.807, 2.05) is 0 Å². The number of rotatable bonds is 0. The molecule has 1 unspecified atom stereocenters. The van der Waals surface area contributed by atoms with Crippen molar-refractivity contribution in [1.29, 1.82) is 0 Å². The summed E-state index contributed by atoms with van der Waals surface area (Å²) in [6.07, 6.45) is 16.4. The standard InChI is InChI=1S/C10H10/c1-2-4-9-6-7-10(8-9)5-3-1/h1-7,9H,8H2. The first kappa shape index (κ1) is 5.72. The number of allylic oxidation sites excluding steroid dienone is 8. The van der Waals surface area contributed by atoms with Gasteiger partial charge in [-0.25, -0.2) is 0 Å². The smallest absolute Gasteiger partial charge is 0.000673 e. The lowest BCUT2D eigenvalue weighted by molar-refractivity contribution is 0.845. The van der Waals surface area contributed by atoms with Gasteiger partial charge < -0.3 is 0 Å². The largest absolute Gasteiger partial charge is 0.0773 e. The SMILES string of the molecule is C1=CC=C2C=CC(C=C1)C2. The van der Waals surface area contributed by atoms with Crippen molar-refractivity contribution < 1.29 is 0 Å². The molecule has 0 fully saturated rings. The van der Waals surface area contributed by atoms with Crippen LogP contribution >= 0.6 is 0 Å². The van der Waals surface area contributed by atoms with Crippen molar-refractivity contribution in [2.24, 2.45) is 5.92 Å². The normalized spacial score (nSPS) is 28.0. The lowest BCUT2D eigenvalue weighted by atomic mass is 10.1. The highest BCUT2D eigenvalue weighted by molar-refractivity contribution is 5.34. The Bertz CT molecular complexity index is 239. The average molecular weight is 130 g/mol. The Morgan fingerprint density at radius 1 is 1.10 bits per heavy atom. The molecule has 0 heteroatoms. The van der Waals surface area contributed by atoms with E-state index in [1.54, 1.807) is 0 Å². The minimum atomic E-state index is 0.663. The van der Waals surface area contributed by atoms with Gasteiger partial charge in [0, 0.05) is 0 Å². The van der Waals surface area contributed by atoms with Crippen LogP contribution in [0.15, 0.2) is 48.1 Å². The van der Waals surface area contributed by atoms with Gasteiger partial charge in [-0.1, -0.05) is 42.5 Å². The summed E-state index contributed by atoms with van der Waals surface area (Å²) < 4.78 is 0. The van der Waals surface area contributed by atoms with Crippen LogP contribution in [0.1, 0.15) is 6.42 Å². The van der Waals surface area contributed by atoms with Crippen molar-refractivity contribution in [2.45, 2.75) is 6.42 Å². The second-order valence-electron chi connectivity index (χ2n) is 2.74. The topological polar surface area (TPSA) is 0 Å². The molecular formula is C10H10. The maximum atomic E-state index is 2.26. The number of hydrogen-bond acceptors (Lipinski definition) is 0. The maximum absolute atomic E-state index is 2.26. The summed E-state index contributed by atoms with van der Waals surface area (Å²) in [5, 5.41) is 0. The summed E-state index contributed by atoms with van der Waals surface area (Å²) in [5.41, 5.74) is 1.45. The van der Waals surface area contributed by atoms with Crippen molar-refractivity contribution in [3.63, 3.8) is 0 Å². The molecule has 2 aliphatic carbocycles. The fourth-order valence-electron chi connectivity index (χ4n) is 1.36. The molecule has 0 aliphatic heterocycles. The minimum Gasteiger partial charge on any atom is -0.0773 e. The molecule has 0 heterocycles. The van der Waals surface area contributed by atoms with Gasteiger partial charge in [0.05, 0.1) is 0 Å². The first-order chi connectivity index (χ1) is 4.95. The summed E-state index contributed by atoms with van der Waals surface area (Å²) in [6.45, 7) is 0. The lowest BCUT2D eigenvalue weighted by Crippen LogP contribution is -1.85. The third kappa shape index (κ3) is 0.971. The molecule has 0 saturated heterocycles. The zero-order valence-corrected chi connectivity index (χ0v) is 5.83. The summed E-state index contributed by atoms with van der Waals surface area (Å²) in [4.78, 5) is 0. The average Bonchev–Trinajstić information content (AvgIpc) is 2.30. The van der Waals surface area contributed by atoms with E-state index in [0.29, 0.717) is 5.92 Å². The molecule has 50 valence electrons. The Morgan fingerprint density at radius 2 is 2.10 bits per heavy atom. The van der Waals surface area contributed by atoms with Crippen LogP contribution in [0.3, 0.4) is 0 Å². The molecule has 10 heavy (non-hydrogen) atoms. The van der Waals surface area contributed by atoms with Crippen LogP contribution in [0.2, 0.25) is 0 Å². The Kier molecular flexibility index (Phi) is 1.31. The molecule has 0 saturated carbocycles. The van der Waals surface area contributed by atoms with E-state index in [-0.39, 0.29) is 0 Å². The van der Waals surface area contributed by atoms with Crippen LogP contribution in [0, 0.1) is 5.92 Å². The minimum absolute atomic E-state index is 0.663. The number of hydrogen-bond donors (Lipinski definition) is 0. The van der Waals surface area contributed by atoms with E-state index >= 15 is 0 Å². The molecule has 0 amide bonds. The van der Waals surface area contributed by atoms with E-state index in [4.69, 9.17) is 0 Å². The van der Waals surface area contributed by atoms with Crippen molar-refractivity contribution in [3.05, 3.63) is 48.1 Å². The molecule has 0 nitrogen and oxygen atoms in total. The van der Waals surface area contributed by atoms with Crippen molar-refractivity contribution in [1.82, 2.24) is 0 Å². The molecule has 0 N–H and O–H groups in total. The zero-order valence-electron chi connectivity index (χ0n) is 5.83. The van der Waals surface area contributed by atoms with E-state index in [1.165, 1.54) is 12.0 Å².